The Morgan fingerprint density at radius 3 is 2.96 bits per heavy atom. The van der Waals surface area contributed by atoms with E-state index < -0.39 is 0 Å². The molecule has 0 radical (unpaired) electrons. The van der Waals surface area contributed by atoms with E-state index in [1.165, 1.54) is 0 Å². The van der Waals surface area contributed by atoms with Crippen LogP contribution in [-0.2, 0) is 6.42 Å². The lowest BCUT2D eigenvalue weighted by molar-refractivity contribution is 0.0939. The molecule has 2 heterocycles. The van der Waals surface area contributed by atoms with E-state index in [1.54, 1.807) is 6.26 Å². The normalized spacial score (nSPS) is 14.9. The van der Waals surface area contributed by atoms with Gasteiger partial charge in [-0.1, -0.05) is 0 Å². The second kappa shape index (κ2) is 6.87. The fraction of sp³-hybridized carbons (Fsp3) is 0.389. The van der Waals surface area contributed by atoms with Gasteiger partial charge in [-0.3, -0.25) is 9.69 Å². The molecule has 1 atom stereocenters. The predicted molar refractivity (Wildman–Crippen MR) is 87.7 cm³/mol. The first-order chi connectivity index (χ1) is 11.1. The summed E-state index contributed by atoms with van der Waals surface area (Å²) in [6.07, 6.45) is 3.61. The molecule has 1 N–H and O–H groups in total. The van der Waals surface area contributed by atoms with Gasteiger partial charge in [-0.25, -0.2) is 0 Å². The summed E-state index contributed by atoms with van der Waals surface area (Å²) in [6, 6.07) is 9.43. The van der Waals surface area contributed by atoms with Crippen molar-refractivity contribution >= 4 is 5.91 Å². The second-order valence-corrected chi connectivity index (χ2v) is 5.98. The number of carbonyl (C=O) groups excluding carboxylic acids is 1. The number of amides is 1. The fourth-order valence-corrected chi connectivity index (χ4v) is 2.81. The number of aryl methyl sites for hydroxylation is 1. The minimum Gasteiger partial charge on any atom is -0.493 e. The fourth-order valence-electron chi connectivity index (χ4n) is 2.81. The summed E-state index contributed by atoms with van der Waals surface area (Å²) >= 11 is 0. The molecule has 1 aromatic heterocycles. The van der Waals surface area contributed by atoms with Gasteiger partial charge in [0, 0.05) is 12.1 Å². The quantitative estimate of drug-likeness (QED) is 0.922. The van der Waals surface area contributed by atoms with Crippen LogP contribution in [0.4, 0.5) is 0 Å². The summed E-state index contributed by atoms with van der Waals surface area (Å²) in [5.41, 5.74) is 1.78. The number of ether oxygens (including phenoxy) is 1. The Bertz CT molecular complexity index is 665. The zero-order valence-electron chi connectivity index (χ0n) is 13.5. The number of carbonyl (C=O) groups is 1. The average Bonchev–Trinajstić information content (AvgIpc) is 3.08. The van der Waals surface area contributed by atoms with Crippen molar-refractivity contribution in [3.8, 4) is 5.75 Å². The maximum atomic E-state index is 12.4. The van der Waals surface area contributed by atoms with E-state index in [9.17, 15) is 4.79 Å². The smallest absolute Gasteiger partial charge is 0.251 e. The molecule has 0 saturated heterocycles. The molecule has 5 heteroatoms. The summed E-state index contributed by atoms with van der Waals surface area (Å²) in [4.78, 5) is 14.5. The lowest BCUT2D eigenvalue weighted by Crippen LogP contribution is -2.34. The number of nitrogens with one attached hydrogen (secondary N) is 1. The number of hydrogen-bond donors (Lipinski definition) is 1. The standard InChI is InChI=1S/C18H22N2O3/c1-20(2)15(17-6-4-10-23-17)12-19-18(21)14-7-8-16-13(11-14)5-3-9-22-16/h4,6-8,10-11,15H,3,5,9,12H2,1-2H3,(H,19,21)/t15-/m1/s1. The van der Waals surface area contributed by atoms with Crippen LogP contribution in [0.3, 0.4) is 0 Å². The third-order valence-electron chi connectivity index (χ3n) is 4.12. The van der Waals surface area contributed by atoms with Crippen LogP contribution in [0.1, 0.15) is 34.1 Å². The molecule has 122 valence electrons. The second-order valence-electron chi connectivity index (χ2n) is 5.98. The molecule has 2 aromatic rings. The van der Waals surface area contributed by atoms with Crippen molar-refractivity contribution in [2.45, 2.75) is 18.9 Å². The summed E-state index contributed by atoms with van der Waals surface area (Å²) in [7, 11) is 3.94. The van der Waals surface area contributed by atoms with Gasteiger partial charge in [-0.15, -0.1) is 0 Å². The van der Waals surface area contributed by atoms with Crippen LogP contribution in [0.15, 0.2) is 41.0 Å². The molecule has 0 fully saturated rings. The Labute approximate surface area is 136 Å². The van der Waals surface area contributed by atoms with E-state index in [1.807, 2.05) is 49.3 Å². The Hall–Kier alpha value is -2.27. The number of benzene rings is 1. The minimum atomic E-state index is -0.0724. The van der Waals surface area contributed by atoms with Crippen LogP contribution < -0.4 is 10.1 Å². The molecular formula is C18H22N2O3. The van der Waals surface area contributed by atoms with E-state index in [0.717, 1.165) is 36.5 Å². The van der Waals surface area contributed by atoms with Crippen molar-refractivity contribution in [2.24, 2.45) is 0 Å². The first kappa shape index (κ1) is 15.6. The molecule has 1 amide bonds. The minimum absolute atomic E-state index is 0.00918. The monoisotopic (exact) mass is 314 g/mol. The predicted octanol–water partition coefficient (Wildman–Crippen LogP) is 2.64. The van der Waals surface area contributed by atoms with E-state index in [2.05, 4.69) is 5.32 Å². The molecule has 1 aliphatic heterocycles. The van der Waals surface area contributed by atoms with Crippen molar-refractivity contribution in [2.75, 3.05) is 27.2 Å². The van der Waals surface area contributed by atoms with E-state index >= 15 is 0 Å². The van der Waals surface area contributed by atoms with Gasteiger partial charge in [0.05, 0.1) is 18.9 Å². The molecular weight excluding hydrogens is 292 g/mol. The highest BCUT2D eigenvalue weighted by Gasteiger charge is 2.19. The zero-order chi connectivity index (χ0) is 16.2. The average molecular weight is 314 g/mol. The van der Waals surface area contributed by atoms with Gasteiger partial charge in [0.2, 0.25) is 0 Å². The Kier molecular flexibility index (Phi) is 4.67. The van der Waals surface area contributed by atoms with Crippen LogP contribution in [0.25, 0.3) is 0 Å². The largest absolute Gasteiger partial charge is 0.493 e. The Morgan fingerprint density at radius 1 is 1.35 bits per heavy atom. The first-order valence-electron chi connectivity index (χ1n) is 7.89. The van der Waals surface area contributed by atoms with E-state index in [4.69, 9.17) is 9.15 Å². The SMILES string of the molecule is CN(C)[C@H](CNC(=O)c1ccc2c(c1)CCCO2)c1ccco1. The van der Waals surface area contributed by atoms with Crippen LogP contribution in [-0.4, -0.2) is 38.1 Å². The van der Waals surface area contributed by atoms with Gasteiger partial charge in [0.1, 0.15) is 11.5 Å². The number of furan rings is 1. The molecule has 1 aromatic carbocycles. The molecule has 0 saturated carbocycles. The van der Waals surface area contributed by atoms with Gasteiger partial charge in [0.25, 0.3) is 5.91 Å². The molecule has 5 nitrogen and oxygen atoms in total. The van der Waals surface area contributed by atoms with Crippen molar-refractivity contribution < 1.29 is 13.9 Å². The Balaban J connectivity index is 1.67. The first-order valence-corrected chi connectivity index (χ1v) is 7.89. The molecule has 0 spiro atoms. The van der Waals surface area contributed by atoms with E-state index in [0.29, 0.717) is 12.1 Å². The molecule has 0 aliphatic carbocycles. The van der Waals surface area contributed by atoms with Gasteiger partial charge < -0.3 is 14.5 Å². The van der Waals surface area contributed by atoms with Crippen molar-refractivity contribution in [1.82, 2.24) is 10.2 Å². The number of likely N-dealkylation sites (N-methyl/N-ethyl adjacent to an activating group) is 1. The highest BCUT2D eigenvalue weighted by molar-refractivity contribution is 5.94. The molecule has 0 unspecified atom stereocenters. The lowest BCUT2D eigenvalue weighted by Gasteiger charge is -2.23. The highest BCUT2D eigenvalue weighted by atomic mass is 16.5. The molecule has 3 rings (SSSR count). The van der Waals surface area contributed by atoms with Crippen LogP contribution >= 0.6 is 0 Å². The van der Waals surface area contributed by atoms with Crippen molar-refractivity contribution in [3.05, 3.63) is 53.5 Å². The molecule has 23 heavy (non-hydrogen) atoms. The summed E-state index contributed by atoms with van der Waals surface area (Å²) in [6.45, 7) is 1.25. The number of rotatable bonds is 5. The van der Waals surface area contributed by atoms with Gasteiger partial charge in [-0.05, 0) is 62.8 Å². The number of hydrogen-bond acceptors (Lipinski definition) is 4. The van der Waals surface area contributed by atoms with E-state index in [-0.39, 0.29) is 11.9 Å². The topological polar surface area (TPSA) is 54.7 Å². The van der Waals surface area contributed by atoms with Crippen LogP contribution in [0.5, 0.6) is 5.75 Å². The highest BCUT2D eigenvalue weighted by Crippen LogP contribution is 2.25. The number of fused-ring (bicyclic) bond motifs is 1. The summed E-state index contributed by atoms with van der Waals surface area (Å²) in [5, 5.41) is 2.99. The Morgan fingerprint density at radius 2 is 2.22 bits per heavy atom. The van der Waals surface area contributed by atoms with Gasteiger partial charge in [-0.2, -0.15) is 0 Å². The molecule has 1 aliphatic rings. The van der Waals surface area contributed by atoms with Crippen LogP contribution in [0.2, 0.25) is 0 Å². The summed E-state index contributed by atoms with van der Waals surface area (Å²) < 4.78 is 11.0. The maximum absolute atomic E-state index is 12.4. The third kappa shape index (κ3) is 3.56. The van der Waals surface area contributed by atoms with Gasteiger partial charge in [0.15, 0.2) is 0 Å². The number of nitrogens with zero attached hydrogens (tertiary/aromatic N) is 1. The van der Waals surface area contributed by atoms with Crippen LogP contribution in [0, 0.1) is 0 Å². The van der Waals surface area contributed by atoms with Gasteiger partial charge >= 0.3 is 0 Å². The maximum Gasteiger partial charge on any atom is 0.251 e. The third-order valence-corrected chi connectivity index (χ3v) is 4.12. The molecule has 0 bridgehead atoms. The zero-order valence-corrected chi connectivity index (χ0v) is 13.5. The summed E-state index contributed by atoms with van der Waals surface area (Å²) in [5.74, 6) is 1.67. The van der Waals surface area contributed by atoms with Crippen molar-refractivity contribution in [1.29, 1.82) is 0 Å². The van der Waals surface area contributed by atoms with Crippen molar-refractivity contribution in [3.63, 3.8) is 0 Å². The lowest BCUT2D eigenvalue weighted by atomic mass is 10.0.